The summed E-state index contributed by atoms with van der Waals surface area (Å²) in [5, 5.41) is 2.89. The highest BCUT2D eigenvalue weighted by atomic mass is 35.5. The van der Waals surface area contributed by atoms with Crippen LogP contribution in [0.1, 0.15) is 55.3 Å². The molecular formula is C20H32ClN3O4. The molecule has 28 heavy (non-hydrogen) atoms. The molecule has 7 nitrogen and oxygen atoms in total. The van der Waals surface area contributed by atoms with Gasteiger partial charge in [0.1, 0.15) is 0 Å². The number of anilines is 1. The number of halogens is 1. The summed E-state index contributed by atoms with van der Waals surface area (Å²) in [5.74, 6) is 0.755. The van der Waals surface area contributed by atoms with Gasteiger partial charge in [-0.3, -0.25) is 9.59 Å². The lowest BCUT2D eigenvalue weighted by Gasteiger charge is -2.20. The van der Waals surface area contributed by atoms with Gasteiger partial charge in [0.15, 0.2) is 11.5 Å². The van der Waals surface area contributed by atoms with Crippen molar-refractivity contribution in [2.75, 3.05) is 39.2 Å². The third-order valence-corrected chi connectivity index (χ3v) is 4.78. The molecule has 0 atom stereocenters. The number of nitrogens with zero attached hydrogens (tertiary/aromatic N) is 1. The molecule has 158 valence electrons. The van der Waals surface area contributed by atoms with Crippen LogP contribution in [0.4, 0.5) is 5.69 Å². The largest absolute Gasteiger partial charge is 0.493 e. The van der Waals surface area contributed by atoms with Crippen LogP contribution in [-0.2, 0) is 4.79 Å². The van der Waals surface area contributed by atoms with Crippen molar-refractivity contribution in [2.45, 2.75) is 44.9 Å². The highest BCUT2D eigenvalue weighted by Crippen LogP contribution is 2.34. The molecule has 1 aromatic rings. The molecule has 1 aliphatic heterocycles. The van der Waals surface area contributed by atoms with Gasteiger partial charge in [0.2, 0.25) is 5.91 Å². The predicted molar refractivity (Wildman–Crippen MR) is 113 cm³/mol. The van der Waals surface area contributed by atoms with E-state index in [1.54, 1.807) is 12.1 Å². The number of rotatable bonds is 10. The Morgan fingerprint density at radius 2 is 1.64 bits per heavy atom. The normalized spacial score (nSPS) is 13.0. The molecule has 1 aliphatic rings. The molecule has 3 N–H and O–H groups in total. The van der Waals surface area contributed by atoms with Crippen molar-refractivity contribution < 1.29 is 19.1 Å². The molecule has 1 heterocycles. The van der Waals surface area contributed by atoms with Gasteiger partial charge in [-0.15, -0.1) is 12.4 Å². The summed E-state index contributed by atoms with van der Waals surface area (Å²) in [7, 11) is 3.06. The Balaban J connectivity index is 0.00000392. The third kappa shape index (κ3) is 6.56. The number of ether oxygens (including phenoxy) is 2. The first-order valence-electron chi connectivity index (χ1n) is 9.66. The number of hydrogen-bond donors (Lipinski definition) is 2. The van der Waals surface area contributed by atoms with Crippen LogP contribution in [0.5, 0.6) is 11.5 Å². The van der Waals surface area contributed by atoms with Crippen molar-refractivity contribution in [1.82, 2.24) is 4.90 Å². The number of benzene rings is 1. The minimum atomic E-state index is -0.106. The van der Waals surface area contributed by atoms with Gasteiger partial charge in [-0.05, 0) is 38.3 Å². The van der Waals surface area contributed by atoms with E-state index < -0.39 is 0 Å². The Hall–Kier alpha value is -1.99. The number of nitrogens with two attached hydrogens (primary N) is 1. The minimum Gasteiger partial charge on any atom is -0.493 e. The maximum Gasteiger partial charge on any atom is 0.256 e. The number of likely N-dealkylation sites (tertiary alicyclic amines) is 1. The lowest BCUT2D eigenvalue weighted by molar-refractivity contribution is -0.116. The van der Waals surface area contributed by atoms with Crippen LogP contribution < -0.4 is 20.5 Å². The van der Waals surface area contributed by atoms with E-state index in [2.05, 4.69) is 5.32 Å². The van der Waals surface area contributed by atoms with E-state index in [0.29, 0.717) is 35.7 Å². The topological polar surface area (TPSA) is 93.9 Å². The Morgan fingerprint density at radius 1 is 1.04 bits per heavy atom. The van der Waals surface area contributed by atoms with Crippen molar-refractivity contribution in [3.63, 3.8) is 0 Å². The molecule has 1 fully saturated rings. The molecule has 2 rings (SSSR count). The van der Waals surface area contributed by atoms with Gasteiger partial charge >= 0.3 is 0 Å². The zero-order chi connectivity index (χ0) is 19.6. The van der Waals surface area contributed by atoms with Crippen LogP contribution in [0.15, 0.2) is 12.1 Å². The molecular weight excluding hydrogens is 382 g/mol. The number of unbranched alkanes of at least 4 members (excludes halogenated alkanes) is 3. The lowest BCUT2D eigenvalue weighted by atomic mass is 10.1. The first-order chi connectivity index (χ1) is 13.1. The molecule has 0 bridgehead atoms. The SMILES string of the molecule is COc1cc(NC(=O)CCCCCCN)c(C(=O)N2CCCC2)cc1OC.Cl. The average Bonchev–Trinajstić information content (AvgIpc) is 3.21. The second-order valence-electron chi connectivity index (χ2n) is 6.75. The number of methoxy groups -OCH3 is 2. The molecule has 0 saturated carbocycles. The molecule has 0 radical (unpaired) electrons. The summed E-state index contributed by atoms with van der Waals surface area (Å²) in [6, 6.07) is 3.31. The van der Waals surface area contributed by atoms with E-state index in [1.165, 1.54) is 14.2 Å². The predicted octanol–water partition coefficient (Wildman–Crippen LogP) is 3.21. The number of carbonyl (C=O) groups excluding carboxylic acids is 2. The van der Waals surface area contributed by atoms with Gasteiger partial charge in [-0.1, -0.05) is 12.8 Å². The molecule has 0 unspecified atom stereocenters. The Bertz CT molecular complexity index is 649. The summed E-state index contributed by atoms with van der Waals surface area (Å²) >= 11 is 0. The second-order valence-corrected chi connectivity index (χ2v) is 6.75. The average molecular weight is 414 g/mol. The van der Waals surface area contributed by atoms with Gasteiger partial charge in [0, 0.05) is 25.6 Å². The summed E-state index contributed by atoms with van der Waals surface area (Å²) in [6.45, 7) is 2.16. The first-order valence-corrected chi connectivity index (χ1v) is 9.66. The monoisotopic (exact) mass is 413 g/mol. The van der Waals surface area contributed by atoms with E-state index in [9.17, 15) is 9.59 Å². The quantitative estimate of drug-likeness (QED) is 0.574. The maximum absolute atomic E-state index is 12.9. The van der Waals surface area contributed by atoms with Crippen LogP contribution in [-0.4, -0.2) is 50.6 Å². The lowest BCUT2D eigenvalue weighted by Crippen LogP contribution is -2.29. The number of amides is 2. The Kier molecular flexibility index (Phi) is 10.7. The van der Waals surface area contributed by atoms with Gasteiger partial charge in [-0.25, -0.2) is 0 Å². The molecule has 1 aromatic carbocycles. The van der Waals surface area contributed by atoms with Gasteiger partial charge in [-0.2, -0.15) is 0 Å². The van der Waals surface area contributed by atoms with Crippen molar-refractivity contribution in [3.8, 4) is 11.5 Å². The number of nitrogens with one attached hydrogen (secondary N) is 1. The minimum absolute atomic E-state index is 0. The standard InChI is InChI=1S/C20H31N3O4.ClH/c1-26-17-13-15(20(25)23-11-7-8-12-23)16(14-18(17)27-2)22-19(24)9-5-3-4-6-10-21;/h13-14H,3-12,21H2,1-2H3,(H,22,24);1H. The summed E-state index contributed by atoms with van der Waals surface area (Å²) in [5.41, 5.74) is 6.39. The molecule has 8 heteroatoms. The summed E-state index contributed by atoms with van der Waals surface area (Å²) < 4.78 is 10.7. The molecule has 2 amide bonds. The fraction of sp³-hybridized carbons (Fsp3) is 0.600. The van der Waals surface area contributed by atoms with Crippen LogP contribution in [0.25, 0.3) is 0 Å². The highest BCUT2D eigenvalue weighted by molar-refractivity contribution is 6.04. The van der Waals surface area contributed by atoms with Gasteiger partial charge in [0.25, 0.3) is 5.91 Å². The van der Waals surface area contributed by atoms with E-state index >= 15 is 0 Å². The van der Waals surface area contributed by atoms with E-state index in [1.807, 2.05) is 4.90 Å². The van der Waals surface area contributed by atoms with Gasteiger partial charge in [0.05, 0.1) is 25.5 Å². The Labute approximate surface area is 173 Å². The summed E-state index contributed by atoms with van der Waals surface area (Å²) in [6.07, 6.45) is 6.19. The zero-order valence-corrected chi connectivity index (χ0v) is 17.6. The van der Waals surface area contributed by atoms with Crippen molar-refractivity contribution >= 4 is 29.9 Å². The zero-order valence-electron chi connectivity index (χ0n) is 16.8. The maximum atomic E-state index is 12.9. The van der Waals surface area contributed by atoms with Crippen LogP contribution in [0, 0.1) is 0 Å². The molecule has 0 aliphatic carbocycles. The van der Waals surface area contributed by atoms with Crippen molar-refractivity contribution in [3.05, 3.63) is 17.7 Å². The van der Waals surface area contributed by atoms with Crippen molar-refractivity contribution in [2.24, 2.45) is 5.73 Å². The van der Waals surface area contributed by atoms with Crippen molar-refractivity contribution in [1.29, 1.82) is 0 Å². The first kappa shape index (κ1) is 24.0. The fourth-order valence-electron chi connectivity index (χ4n) is 3.25. The summed E-state index contributed by atoms with van der Waals surface area (Å²) in [4.78, 5) is 27.1. The highest BCUT2D eigenvalue weighted by Gasteiger charge is 2.24. The molecule has 0 spiro atoms. The molecule has 0 aromatic heterocycles. The fourth-order valence-corrected chi connectivity index (χ4v) is 3.25. The van der Waals surface area contributed by atoms with Crippen LogP contribution in [0.3, 0.4) is 0 Å². The van der Waals surface area contributed by atoms with Crippen LogP contribution in [0.2, 0.25) is 0 Å². The van der Waals surface area contributed by atoms with E-state index in [-0.39, 0.29) is 24.2 Å². The smallest absolute Gasteiger partial charge is 0.256 e. The van der Waals surface area contributed by atoms with E-state index in [0.717, 1.165) is 51.6 Å². The number of carbonyl (C=O) groups is 2. The number of hydrogen-bond acceptors (Lipinski definition) is 5. The Morgan fingerprint density at radius 3 is 2.25 bits per heavy atom. The second kappa shape index (κ2) is 12.5. The third-order valence-electron chi connectivity index (χ3n) is 4.78. The van der Waals surface area contributed by atoms with Gasteiger partial charge < -0.3 is 25.4 Å². The van der Waals surface area contributed by atoms with E-state index in [4.69, 9.17) is 15.2 Å². The van der Waals surface area contributed by atoms with Crippen LogP contribution >= 0.6 is 12.4 Å². The molecule has 1 saturated heterocycles.